The first-order valence-electron chi connectivity index (χ1n) is 2.40. The molecule has 0 aliphatic rings. The van der Waals surface area contributed by atoms with Crippen LogP contribution in [0, 0.1) is 5.92 Å². The van der Waals surface area contributed by atoms with Crippen LogP contribution in [0.25, 0.3) is 0 Å². The van der Waals surface area contributed by atoms with Crippen molar-refractivity contribution in [3.05, 3.63) is 0 Å². The molecular formula is C4H3F7. The number of hydrogen-bond donors (Lipinski definition) is 0. The third-order valence-corrected chi connectivity index (χ3v) is 0.921. The van der Waals surface area contributed by atoms with Gasteiger partial charge in [-0.3, -0.25) is 0 Å². The van der Waals surface area contributed by atoms with E-state index in [1.807, 2.05) is 0 Å². The molecule has 0 aliphatic carbocycles. The van der Waals surface area contributed by atoms with Crippen molar-refractivity contribution in [2.45, 2.75) is 19.0 Å². The van der Waals surface area contributed by atoms with Gasteiger partial charge in [0.15, 0.2) is 5.92 Å². The molecule has 0 N–H and O–H groups in total. The first kappa shape index (κ1) is 10.5. The van der Waals surface area contributed by atoms with Gasteiger partial charge in [0.05, 0.1) is 0 Å². The van der Waals surface area contributed by atoms with Crippen molar-refractivity contribution in [2.24, 2.45) is 5.92 Å². The van der Waals surface area contributed by atoms with Crippen molar-refractivity contribution < 1.29 is 30.7 Å². The Kier molecular flexibility index (Phi) is 3.13. The third-order valence-electron chi connectivity index (χ3n) is 0.921. The molecule has 7 heteroatoms. The molecule has 0 fully saturated rings. The van der Waals surface area contributed by atoms with Gasteiger partial charge in [0, 0.05) is 0 Å². The molecule has 0 saturated carbocycles. The van der Waals surface area contributed by atoms with Crippen molar-refractivity contribution in [3.8, 4) is 0 Å². The molecule has 0 aliphatic heterocycles. The smallest absolute Gasteiger partial charge is 0.210 e. The summed E-state index contributed by atoms with van der Waals surface area (Å²) in [5, 5.41) is 0. The molecule has 0 aromatic rings. The zero-order valence-electron chi connectivity index (χ0n) is 4.88. The Bertz CT molecular complexity index is 106. The summed E-state index contributed by atoms with van der Waals surface area (Å²) in [5.41, 5.74) is 0. The van der Waals surface area contributed by atoms with E-state index in [1.165, 1.54) is 0 Å². The summed E-state index contributed by atoms with van der Waals surface area (Å²) in [4.78, 5) is 0. The summed E-state index contributed by atoms with van der Waals surface area (Å²) in [5.74, 6) is -3.83. The fraction of sp³-hybridized carbons (Fsp3) is 1.00. The summed E-state index contributed by atoms with van der Waals surface area (Å²) in [6.45, 7) is 0. The van der Waals surface area contributed by atoms with Crippen LogP contribution in [0.5, 0.6) is 0 Å². The highest BCUT2D eigenvalue weighted by molar-refractivity contribution is 4.71. The summed E-state index contributed by atoms with van der Waals surface area (Å²) < 4.78 is 78.8. The van der Waals surface area contributed by atoms with Crippen LogP contribution in [0.2, 0.25) is 0 Å². The molecule has 0 aromatic carbocycles. The van der Waals surface area contributed by atoms with Crippen LogP contribution >= 0.6 is 0 Å². The summed E-state index contributed by atoms with van der Waals surface area (Å²) in [6, 6.07) is 0. The van der Waals surface area contributed by atoms with E-state index in [2.05, 4.69) is 0 Å². The quantitative estimate of drug-likeness (QED) is 0.578. The van der Waals surface area contributed by atoms with E-state index in [1.54, 1.807) is 0 Å². The Hall–Kier alpha value is -0.490. The van der Waals surface area contributed by atoms with E-state index in [9.17, 15) is 30.7 Å². The molecule has 0 saturated heterocycles. The Balaban J connectivity index is 4.35. The SMILES string of the molecule is FC(F)C(C(F)F)C(F)(F)F. The van der Waals surface area contributed by atoms with Crippen LogP contribution in [0.4, 0.5) is 30.7 Å². The summed E-state index contributed by atoms with van der Waals surface area (Å²) >= 11 is 0. The molecule has 0 unspecified atom stereocenters. The lowest BCUT2D eigenvalue weighted by molar-refractivity contribution is -0.239. The van der Waals surface area contributed by atoms with Crippen LogP contribution in [-0.2, 0) is 0 Å². The zero-order chi connectivity index (χ0) is 9.23. The van der Waals surface area contributed by atoms with Gasteiger partial charge in [0.2, 0.25) is 0 Å². The zero-order valence-corrected chi connectivity index (χ0v) is 4.88. The van der Waals surface area contributed by atoms with Gasteiger partial charge in [-0.25, -0.2) is 17.6 Å². The van der Waals surface area contributed by atoms with Crippen molar-refractivity contribution in [1.29, 1.82) is 0 Å². The highest BCUT2D eigenvalue weighted by Crippen LogP contribution is 2.35. The maximum atomic E-state index is 11.3. The van der Waals surface area contributed by atoms with E-state index in [0.717, 1.165) is 0 Å². The lowest BCUT2D eigenvalue weighted by Crippen LogP contribution is -2.35. The van der Waals surface area contributed by atoms with Gasteiger partial charge < -0.3 is 0 Å². The molecule has 0 nitrogen and oxygen atoms in total. The number of alkyl halides is 7. The molecule has 0 rings (SSSR count). The van der Waals surface area contributed by atoms with Crippen molar-refractivity contribution >= 4 is 0 Å². The van der Waals surface area contributed by atoms with Gasteiger partial charge in [-0.2, -0.15) is 13.2 Å². The molecule has 0 aromatic heterocycles. The van der Waals surface area contributed by atoms with Gasteiger partial charge in [-0.1, -0.05) is 0 Å². The molecule has 0 spiro atoms. The van der Waals surface area contributed by atoms with E-state index < -0.39 is 24.9 Å². The third kappa shape index (κ3) is 2.94. The summed E-state index contributed by atoms with van der Waals surface area (Å²) in [6.07, 6.45) is -13.7. The van der Waals surface area contributed by atoms with Crippen LogP contribution in [-0.4, -0.2) is 19.0 Å². The van der Waals surface area contributed by atoms with Gasteiger partial charge in [-0.05, 0) is 0 Å². The minimum absolute atomic E-state index is 3.83. The Morgan fingerprint density at radius 2 is 1.00 bits per heavy atom. The Labute approximate surface area is 57.0 Å². The maximum Gasteiger partial charge on any atom is 0.402 e. The van der Waals surface area contributed by atoms with Crippen molar-refractivity contribution in [1.82, 2.24) is 0 Å². The monoisotopic (exact) mass is 184 g/mol. The second-order valence-corrected chi connectivity index (χ2v) is 1.74. The minimum atomic E-state index is -5.54. The molecule has 0 amide bonds. The first-order valence-corrected chi connectivity index (χ1v) is 2.40. The summed E-state index contributed by atoms with van der Waals surface area (Å²) in [7, 11) is 0. The Morgan fingerprint density at radius 1 is 0.727 bits per heavy atom. The highest BCUT2D eigenvalue weighted by Gasteiger charge is 2.51. The van der Waals surface area contributed by atoms with E-state index >= 15 is 0 Å². The average Bonchev–Trinajstić information content (AvgIpc) is 1.54. The standard InChI is InChI=1S/C4H3F7/c5-2(6)1(3(7)8)4(9,10)11/h1-3H. The molecule has 68 valence electrons. The molecule has 0 heterocycles. The lowest BCUT2D eigenvalue weighted by Gasteiger charge is -2.17. The first-order chi connectivity index (χ1) is 4.76. The molecule has 0 bridgehead atoms. The largest absolute Gasteiger partial charge is 0.402 e. The molecule has 0 atom stereocenters. The minimum Gasteiger partial charge on any atom is -0.210 e. The molecule has 11 heavy (non-hydrogen) atoms. The maximum absolute atomic E-state index is 11.3. The van der Waals surface area contributed by atoms with Crippen LogP contribution in [0.15, 0.2) is 0 Å². The van der Waals surface area contributed by atoms with Gasteiger partial charge in [0.1, 0.15) is 0 Å². The second kappa shape index (κ2) is 3.27. The topological polar surface area (TPSA) is 0 Å². The van der Waals surface area contributed by atoms with Crippen molar-refractivity contribution in [3.63, 3.8) is 0 Å². The van der Waals surface area contributed by atoms with E-state index in [4.69, 9.17) is 0 Å². The highest BCUT2D eigenvalue weighted by atomic mass is 19.4. The number of rotatable bonds is 2. The fourth-order valence-corrected chi connectivity index (χ4v) is 0.396. The molecular weight excluding hydrogens is 181 g/mol. The number of halogens is 7. The van der Waals surface area contributed by atoms with Gasteiger partial charge in [-0.15, -0.1) is 0 Å². The van der Waals surface area contributed by atoms with E-state index in [-0.39, 0.29) is 0 Å². The predicted octanol–water partition coefficient (Wildman–Crippen LogP) is 2.70. The van der Waals surface area contributed by atoms with Crippen LogP contribution < -0.4 is 0 Å². The second-order valence-electron chi connectivity index (χ2n) is 1.74. The lowest BCUT2D eigenvalue weighted by atomic mass is 10.1. The average molecular weight is 184 g/mol. The Morgan fingerprint density at radius 3 is 1.00 bits per heavy atom. The van der Waals surface area contributed by atoms with Gasteiger partial charge >= 0.3 is 6.18 Å². The van der Waals surface area contributed by atoms with Gasteiger partial charge in [0.25, 0.3) is 12.9 Å². The van der Waals surface area contributed by atoms with Crippen LogP contribution in [0.3, 0.4) is 0 Å². The fourth-order valence-electron chi connectivity index (χ4n) is 0.396. The van der Waals surface area contributed by atoms with E-state index in [0.29, 0.717) is 0 Å². The normalized spacial score (nSPS) is 13.6. The van der Waals surface area contributed by atoms with Crippen LogP contribution in [0.1, 0.15) is 0 Å². The van der Waals surface area contributed by atoms with Crippen molar-refractivity contribution in [2.75, 3.05) is 0 Å². The molecule has 0 radical (unpaired) electrons. The predicted molar refractivity (Wildman–Crippen MR) is 21.6 cm³/mol. The number of hydrogen-bond acceptors (Lipinski definition) is 0.